The van der Waals surface area contributed by atoms with Crippen molar-refractivity contribution >= 4 is 11.8 Å². The number of likely N-dealkylation sites (tertiary alicyclic amines) is 1. The van der Waals surface area contributed by atoms with E-state index in [2.05, 4.69) is 10.2 Å². The highest BCUT2D eigenvalue weighted by molar-refractivity contribution is 5.85. The molecule has 2 fully saturated rings. The molecule has 1 aliphatic heterocycles. The molecular weight excluding hydrogens is 290 g/mol. The first-order valence-corrected chi connectivity index (χ1v) is 9.27. The molecule has 1 N–H and O–H groups in total. The number of carbonyl (C=O) groups excluding carboxylic acids is 2. The van der Waals surface area contributed by atoms with Gasteiger partial charge in [0.15, 0.2) is 0 Å². The van der Waals surface area contributed by atoms with Gasteiger partial charge in [-0.1, -0.05) is 19.3 Å². The van der Waals surface area contributed by atoms with Gasteiger partial charge in [-0.3, -0.25) is 9.59 Å². The van der Waals surface area contributed by atoms with Crippen molar-refractivity contribution in [3.05, 3.63) is 0 Å². The number of hydrogen-bond donors (Lipinski definition) is 1. The summed E-state index contributed by atoms with van der Waals surface area (Å²) in [4.78, 5) is 28.7. The third kappa shape index (κ3) is 6.13. The van der Waals surface area contributed by atoms with E-state index >= 15 is 0 Å². The van der Waals surface area contributed by atoms with Gasteiger partial charge < -0.3 is 15.1 Å². The van der Waals surface area contributed by atoms with E-state index in [1.165, 1.54) is 38.5 Å². The maximum atomic E-state index is 12.5. The molecule has 2 aliphatic rings. The lowest BCUT2D eigenvalue weighted by Gasteiger charge is -2.37. The molecule has 1 atom stereocenters. The molecule has 0 aromatic carbocycles. The summed E-state index contributed by atoms with van der Waals surface area (Å²) in [6.45, 7) is 1.90. The van der Waals surface area contributed by atoms with Gasteiger partial charge in [0, 0.05) is 25.6 Å². The number of likely N-dealkylation sites (N-methyl/N-ethyl adjacent to an activating group) is 1. The smallest absolute Gasteiger partial charge is 0.242 e. The lowest BCUT2D eigenvalue weighted by atomic mass is 9.87. The molecule has 5 nitrogen and oxygen atoms in total. The zero-order valence-corrected chi connectivity index (χ0v) is 14.9. The van der Waals surface area contributed by atoms with E-state index in [4.69, 9.17) is 0 Å². The SMILES string of the molecule is CN(C)CC1CCCCN1C(=O)CNC(=O)CC1CCCCC1. The number of nitrogens with one attached hydrogen (secondary N) is 1. The van der Waals surface area contributed by atoms with Crippen LogP contribution in [0.1, 0.15) is 57.8 Å². The topological polar surface area (TPSA) is 52.6 Å². The molecule has 0 bridgehead atoms. The van der Waals surface area contributed by atoms with Gasteiger partial charge >= 0.3 is 0 Å². The fraction of sp³-hybridized carbons (Fsp3) is 0.889. The van der Waals surface area contributed by atoms with E-state index in [1.54, 1.807) is 0 Å². The second-order valence-corrected chi connectivity index (χ2v) is 7.48. The van der Waals surface area contributed by atoms with Crippen molar-refractivity contribution in [2.45, 2.75) is 63.8 Å². The summed E-state index contributed by atoms with van der Waals surface area (Å²) in [5.74, 6) is 0.648. The lowest BCUT2D eigenvalue weighted by molar-refractivity contribution is -0.136. The van der Waals surface area contributed by atoms with E-state index in [0.29, 0.717) is 18.4 Å². The molecule has 23 heavy (non-hydrogen) atoms. The Kier molecular flexibility index (Phi) is 7.34. The monoisotopic (exact) mass is 323 g/mol. The summed E-state index contributed by atoms with van der Waals surface area (Å²) in [6, 6.07) is 0.293. The molecule has 1 heterocycles. The summed E-state index contributed by atoms with van der Waals surface area (Å²) in [6.07, 6.45) is 10.1. The molecule has 2 amide bonds. The third-order valence-electron chi connectivity index (χ3n) is 5.16. The predicted molar refractivity (Wildman–Crippen MR) is 92.1 cm³/mol. The Balaban J connectivity index is 1.74. The van der Waals surface area contributed by atoms with Gasteiger partial charge in [-0.25, -0.2) is 0 Å². The van der Waals surface area contributed by atoms with Crippen LogP contribution in [0.5, 0.6) is 0 Å². The first-order valence-electron chi connectivity index (χ1n) is 9.27. The maximum absolute atomic E-state index is 12.5. The fourth-order valence-corrected chi connectivity index (χ4v) is 3.94. The van der Waals surface area contributed by atoms with Crippen molar-refractivity contribution in [3.8, 4) is 0 Å². The van der Waals surface area contributed by atoms with Crippen molar-refractivity contribution in [1.29, 1.82) is 0 Å². The van der Waals surface area contributed by atoms with Crippen molar-refractivity contribution in [3.63, 3.8) is 0 Å². The summed E-state index contributed by atoms with van der Waals surface area (Å²) in [5, 5.41) is 2.86. The van der Waals surface area contributed by atoms with Crippen LogP contribution >= 0.6 is 0 Å². The van der Waals surface area contributed by atoms with E-state index in [1.807, 2.05) is 19.0 Å². The molecule has 0 radical (unpaired) electrons. The average molecular weight is 323 g/mol. The van der Waals surface area contributed by atoms with Crippen LogP contribution in [0.3, 0.4) is 0 Å². The Labute approximate surface area is 140 Å². The van der Waals surface area contributed by atoms with Crippen molar-refractivity contribution in [2.75, 3.05) is 33.7 Å². The molecule has 0 aromatic rings. The highest BCUT2D eigenvalue weighted by Gasteiger charge is 2.27. The van der Waals surface area contributed by atoms with Gasteiger partial charge in [-0.05, 0) is 52.1 Å². The van der Waals surface area contributed by atoms with Gasteiger partial charge in [0.2, 0.25) is 11.8 Å². The summed E-state index contributed by atoms with van der Waals surface area (Å²) in [7, 11) is 4.09. The molecule has 132 valence electrons. The largest absolute Gasteiger partial charge is 0.347 e. The van der Waals surface area contributed by atoms with E-state index in [9.17, 15) is 9.59 Å². The molecule has 0 aromatic heterocycles. The average Bonchev–Trinajstić information content (AvgIpc) is 2.53. The van der Waals surface area contributed by atoms with Gasteiger partial charge in [0.05, 0.1) is 6.54 Å². The summed E-state index contributed by atoms with van der Waals surface area (Å²) in [5.41, 5.74) is 0. The number of amides is 2. The molecule has 1 unspecified atom stereocenters. The predicted octanol–water partition coefficient (Wildman–Crippen LogP) is 2.02. The number of rotatable bonds is 6. The van der Waals surface area contributed by atoms with Crippen LogP contribution in [0.25, 0.3) is 0 Å². The van der Waals surface area contributed by atoms with E-state index < -0.39 is 0 Å². The van der Waals surface area contributed by atoms with Gasteiger partial charge in [-0.2, -0.15) is 0 Å². The van der Waals surface area contributed by atoms with Crippen molar-refractivity contribution in [1.82, 2.24) is 15.1 Å². The molecule has 0 spiro atoms. The minimum absolute atomic E-state index is 0.0476. The number of carbonyl (C=O) groups is 2. The second-order valence-electron chi connectivity index (χ2n) is 7.48. The minimum Gasteiger partial charge on any atom is -0.347 e. The van der Waals surface area contributed by atoms with Crippen LogP contribution in [0, 0.1) is 5.92 Å². The fourth-order valence-electron chi connectivity index (χ4n) is 3.94. The molecule has 5 heteroatoms. The molecule has 1 saturated heterocycles. The van der Waals surface area contributed by atoms with Crippen LogP contribution in [0.15, 0.2) is 0 Å². The van der Waals surface area contributed by atoms with Gasteiger partial charge in [0.1, 0.15) is 0 Å². The third-order valence-corrected chi connectivity index (χ3v) is 5.16. The maximum Gasteiger partial charge on any atom is 0.242 e. The molecular formula is C18H33N3O2. The Morgan fingerprint density at radius 3 is 2.43 bits per heavy atom. The quantitative estimate of drug-likeness (QED) is 0.813. The number of nitrogens with zero attached hydrogens (tertiary/aromatic N) is 2. The van der Waals surface area contributed by atoms with Crippen LogP contribution in [0.2, 0.25) is 0 Å². The second kappa shape index (κ2) is 9.26. The first-order chi connectivity index (χ1) is 11.1. The van der Waals surface area contributed by atoms with Gasteiger partial charge in [0.25, 0.3) is 0 Å². The van der Waals surface area contributed by atoms with Crippen LogP contribution < -0.4 is 5.32 Å². The Morgan fingerprint density at radius 2 is 1.74 bits per heavy atom. The van der Waals surface area contributed by atoms with Crippen molar-refractivity contribution < 1.29 is 9.59 Å². The number of piperidine rings is 1. The molecule has 1 saturated carbocycles. The zero-order valence-electron chi connectivity index (χ0n) is 14.9. The van der Waals surface area contributed by atoms with E-state index in [-0.39, 0.29) is 18.4 Å². The Morgan fingerprint density at radius 1 is 1.04 bits per heavy atom. The minimum atomic E-state index is 0.0476. The van der Waals surface area contributed by atoms with Crippen LogP contribution in [-0.2, 0) is 9.59 Å². The standard InChI is InChI=1S/C18H33N3O2/c1-20(2)14-16-10-6-7-11-21(16)18(23)13-19-17(22)12-15-8-4-3-5-9-15/h15-16H,3-14H2,1-2H3,(H,19,22). The Bertz CT molecular complexity index is 392. The van der Waals surface area contributed by atoms with Crippen LogP contribution in [-0.4, -0.2) is 61.4 Å². The normalized spacial score (nSPS) is 23.1. The van der Waals surface area contributed by atoms with Crippen LogP contribution in [0.4, 0.5) is 0 Å². The summed E-state index contributed by atoms with van der Waals surface area (Å²) < 4.78 is 0. The Hall–Kier alpha value is -1.10. The first kappa shape index (κ1) is 18.2. The molecule has 2 rings (SSSR count). The zero-order chi connectivity index (χ0) is 16.7. The lowest BCUT2D eigenvalue weighted by Crippen LogP contribution is -2.51. The van der Waals surface area contributed by atoms with E-state index in [0.717, 1.165) is 25.9 Å². The van der Waals surface area contributed by atoms with Crippen molar-refractivity contribution in [2.24, 2.45) is 5.92 Å². The molecule has 1 aliphatic carbocycles. The number of hydrogen-bond acceptors (Lipinski definition) is 3. The highest BCUT2D eigenvalue weighted by Crippen LogP contribution is 2.26. The summed E-state index contributed by atoms with van der Waals surface area (Å²) >= 11 is 0. The highest BCUT2D eigenvalue weighted by atomic mass is 16.2. The van der Waals surface area contributed by atoms with Gasteiger partial charge in [-0.15, -0.1) is 0 Å².